The van der Waals surface area contributed by atoms with Crippen LogP contribution in [0.25, 0.3) is 0 Å². The van der Waals surface area contributed by atoms with E-state index < -0.39 is 0 Å². The van der Waals surface area contributed by atoms with Crippen molar-refractivity contribution in [2.75, 3.05) is 13.2 Å². The van der Waals surface area contributed by atoms with E-state index >= 15 is 0 Å². The van der Waals surface area contributed by atoms with Crippen LogP contribution < -0.4 is 10.1 Å². The summed E-state index contributed by atoms with van der Waals surface area (Å²) in [6, 6.07) is 17.3. The van der Waals surface area contributed by atoms with Gasteiger partial charge in [-0.05, 0) is 57.7 Å². The first-order valence-corrected chi connectivity index (χ1v) is 10.8. The summed E-state index contributed by atoms with van der Waals surface area (Å²) in [6.07, 6.45) is 3.01. The van der Waals surface area contributed by atoms with E-state index in [1.807, 2.05) is 61.5 Å². The molecule has 2 aromatic rings. The van der Waals surface area contributed by atoms with E-state index in [4.69, 9.17) is 4.74 Å². The smallest absolute Gasteiger partial charge is 0.237 e. The second-order valence-electron chi connectivity index (χ2n) is 8.10. The first-order valence-electron chi connectivity index (χ1n) is 10.8. The quantitative estimate of drug-likeness (QED) is 0.658. The van der Waals surface area contributed by atoms with Crippen LogP contribution in [0, 0.1) is 0 Å². The lowest BCUT2D eigenvalue weighted by Gasteiger charge is -2.40. The molecule has 1 N–H and O–H groups in total. The fraction of sp³-hybridized carbons (Fsp3) is 0.440. The number of carbonyl (C=O) groups excluding carboxylic acids is 2. The summed E-state index contributed by atoms with van der Waals surface area (Å²) in [5.74, 6) is 0.956. The highest BCUT2D eigenvalue weighted by molar-refractivity contribution is 5.94. The summed E-state index contributed by atoms with van der Waals surface area (Å²) in [7, 11) is 0. The van der Waals surface area contributed by atoms with Gasteiger partial charge in [-0.2, -0.15) is 0 Å². The fourth-order valence-corrected chi connectivity index (χ4v) is 4.09. The van der Waals surface area contributed by atoms with Gasteiger partial charge >= 0.3 is 0 Å². The molecule has 30 heavy (non-hydrogen) atoms. The van der Waals surface area contributed by atoms with Crippen molar-refractivity contribution in [3.8, 4) is 5.75 Å². The van der Waals surface area contributed by atoms with Crippen LogP contribution in [0.2, 0.25) is 0 Å². The maximum Gasteiger partial charge on any atom is 0.237 e. The number of carbonyl (C=O) groups is 2. The number of benzene rings is 2. The van der Waals surface area contributed by atoms with Crippen LogP contribution in [0.4, 0.5) is 0 Å². The second-order valence-corrected chi connectivity index (χ2v) is 8.10. The molecule has 160 valence electrons. The van der Waals surface area contributed by atoms with Crippen LogP contribution in [0.5, 0.6) is 5.75 Å². The molecule has 1 amide bonds. The van der Waals surface area contributed by atoms with Gasteiger partial charge in [0.2, 0.25) is 5.91 Å². The Morgan fingerprint density at radius 3 is 2.47 bits per heavy atom. The highest BCUT2D eigenvalue weighted by atomic mass is 16.5. The molecule has 5 heteroatoms. The Balaban J connectivity index is 1.59. The number of nitrogens with one attached hydrogen (secondary N) is 1. The molecule has 0 bridgehead atoms. The molecule has 1 fully saturated rings. The minimum Gasteiger partial charge on any atom is -0.492 e. The second kappa shape index (κ2) is 10.4. The number of para-hydroxylation sites is 1. The van der Waals surface area contributed by atoms with E-state index in [0.717, 1.165) is 37.1 Å². The molecule has 1 saturated heterocycles. The third kappa shape index (κ3) is 5.70. The van der Waals surface area contributed by atoms with E-state index in [0.29, 0.717) is 18.2 Å². The van der Waals surface area contributed by atoms with Crippen molar-refractivity contribution in [3.05, 3.63) is 65.7 Å². The summed E-state index contributed by atoms with van der Waals surface area (Å²) in [5.41, 5.74) is 1.68. The number of amides is 1. The number of Topliss-reactive ketones (excluding diaryl/α,β-unsaturated/α-hetero) is 1. The Morgan fingerprint density at radius 2 is 1.80 bits per heavy atom. The molecule has 1 heterocycles. The number of ether oxygens (including phenoxy) is 1. The highest BCUT2D eigenvalue weighted by Gasteiger charge is 2.33. The molecule has 5 nitrogen and oxygen atoms in total. The zero-order valence-corrected chi connectivity index (χ0v) is 18.1. The lowest BCUT2D eigenvalue weighted by atomic mass is 9.95. The maximum atomic E-state index is 13.1. The van der Waals surface area contributed by atoms with Gasteiger partial charge in [-0.15, -0.1) is 0 Å². The molecule has 0 spiro atoms. The molecule has 0 radical (unpaired) electrons. The van der Waals surface area contributed by atoms with Gasteiger partial charge in [0, 0.05) is 18.2 Å². The molecule has 1 aliphatic heterocycles. The SMILES string of the molecule is CC(=O)c1ccc([C@H](C)NC(=O)[C@@H]2CCC[C@H](C)N2CCOc2ccccc2)cc1. The van der Waals surface area contributed by atoms with Gasteiger partial charge < -0.3 is 10.1 Å². The topological polar surface area (TPSA) is 58.6 Å². The van der Waals surface area contributed by atoms with E-state index in [1.165, 1.54) is 0 Å². The van der Waals surface area contributed by atoms with Crippen molar-refractivity contribution in [1.82, 2.24) is 10.2 Å². The average molecular weight is 409 g/mol. The summed E-state index contributed by atoms with van der Waals surface area (Å²) < 4.78 is 5.87. The van der Waals surface area contributed by atoms with E-state index in [2.05, 4.69) is 17.1 Å². The summed E-state index contributed by atoms with van der Waals surface area (Å²) in [5, 5.41) is 3.17. The van der Waals surface area contributed by atoms with Crippen molar-refractivity contribution in [1.29, 1.82) is 0 Å². The first kappa shape index (κ1) is 22.0. The van der Waals surface area contributed by atoms with Crippen molar-refractivity contribution >= 4 is 11.7 Å². The number of ketones is 1. The van der Waals surface area contributed by atoms with Gasteiger partial charge in [0.15, 0.2) is 5.78 Å². The number of hydrogen-bond donors (Lipinski definition) is 1. The minimum atomic E-state index is -0.146. The summed E-state index contributed by atoms with van der Waals surface area (Å²) >= 11 is 0. The Morgan fingerprint density at radius 1 is 1.10 bits per heavy atom. The predicted molar refractivity (Wildman–Crippen MR) is 119 cm³/mol. The van der Waals surface area contributed by atoms with Crippen LogP contribution in [-0.2, 0) is 4.79 Å². The van der Waals surface area contributed by atoms with Gasteiger partial charge in [-0.3, -0.25) is 14.5 Å². The maximum absolute atomic E-state index is 13.1. The monoisotopic (exact) mass is 408 g/mol. The fourth-order valence-electron chi connectivity index (χ4n) is 4.09. The zero-order valence-electron chi connectivity index (χ0n) is 18.1. The number of piperidine rings is 1. The van der Waals surface area contributed by atoms with Gasteiger partial charge in [0.05, 0.1) is 12.1 Å². The molecule has 1 aliphatic rings. The van der Waals surface area contributed by atoms with Crippen LogP contribution in [0.15, 0.2) is 54.6 Å². The molecule has 0 aliphatic carbocycles. The molecular weight excluding hydrogens is 376 g/mol. The van der Waals surface area contributed by atoms with Gasteiger partial charge in [-0.25, -0.2) is 0 Å². The Bertz CT molecular complexity index is 835. The third-order valence-electron chi connectivity index (χ3n) is 5.91. The zero-order chi connectivity index (χ0) is 21.5. The molecule has 3 atom stereocenters. The first-order chi connectivity index (χ1) is 14.5. The van der Waals surface area contributed by atoms with Crippen molar-refractivity contribution in [3.63, 3.8) is 0 Å². The molecule has 2 aromatic carbocycles. The van der Waals surface area contributed by atoms with Crippen molar-refractivity contribution < 1.29 is 14.3 Å². The average Bonchev–Trinajstić information content (AvgIpc) is 2.75. The van der Waals surface area contributed by atoms with Crippen LogP contribution >= 0.6 is 0 Å². The van der Waals surface area contributed by atoms with Gasteiger partial charge in [0.1, 0.15) is 12.4 Å². The molecule has 0 unspecified atom stereocenters. The van der Waals surface area contributed by atoms with Gasteiger partial charge in [0.25, 0.3) is 0 Å². The Kier molecular flexibility index (Phi) is 7.63. The number of nitrogens with zero attached hydrogens (tertiary/aromatic N) is 1. The molecule has 0 saturated carbocycles. The van der Waals surface area contributed by atoms with Gasteiger partial charge in [-0.1, -0.05) is 42.5 Å². The van der Waals surface area contributed by atoms with Crippen molar-refractivity contribution in [2.24, 2.45) is 0 Å². The predicted octanol–water partition coefficient (Wildman–Crippen LogP) is 4.39. The highest BCUT2D eigenvalue weighted by Crippen LogP contribution is 2.24. The minimum absolute atomic E-state index is 0.0443. The number of likely N-dealkylation sites (tertiary alicyclic amines) is 1. The van der Waals surface area contributed by atoms with Crippen LogP contribution in [0.3, 0.4) is 0 Å². The molecule has 0 aromatic heterocycles. The lowest BCUT2D eigenvalue weighted by molar-refractivity contribution is -0.129. The lowest BCUT2D eigenvalue weighted by Crippen LogP contribution is -2.54. The van der Waals surface area contributed by atoms with E-state index in [1.54, 1.807) is 6.92 Å². The van der Waals surface area contributed by atoms with E-state index in [9.17, 15) is 9.59 Å². The standard InChI is InChI=1S/C25H32N2O3/c1-18-8-7-11-24(27(18)16-17-30-23-9-5-4-6-10-23)25(29)26-19(2)21-12-14-22(15-13-21)20(3)28/h4-6,9-10,12-15,18-19,24H,7-8,11,16-17H2,1-3H3,(H,26,29)/t18-,19-,24-/m0/s1. The molecular formula is C25H32N2O3. The third-order valence-corrected chi connectivity index (χ3v) is 5.91. The van der Waals surface area contributed by atoms with Crippen LogP contribution in [-0.4, -0.2) is 41.8 Å². The van der Waals surface area contributed by atoms with Crippen molar-refractivity contribution in [2.45, 2.75) is 58.2 Å². The number of rotatable bonds is 8. The van der Waals surface area contributed by atoms with Crippen LogP contribution in [0.1, 0.15) is 62.0 Å². The Hall–Kier alpha value is -2.66. The summed E-state index contributed by atoms with van der Waals surface area (Å²) in [6.45, 7) is 7.00. The summed E-state index contributed by atoms with van der Waals surface area (Å²) in [4.78, 5) is 26.8. The number of hydrogen-bond acceptors (Lipinski definition) is 4. The molecule has 3 rings (SSSR count). The normalized spacial score (nSPS) is 20.4. The largest absolute Gasteiger partial charge is 0.492 e. The van der Waals surface area contributed by atoms with E-state index in [-0.39, 0.29) is 23.8 Å². The Labute approximate surface area is 179 Å².